The highest BCUT2D eigenvalue weighted by atomic mass is 79.9. The van der Waals surface area contributed by atoms with Crippen molar-refractivity contribution in [3.63, 3.8) is 0 Å². The lowest BCUT2D eigenvalue weighted by Gasteiger charge is -2.07. The zero-order valence-corrected chi connectivity index (χ0v) is 13.0. The van der Waals surface area contributed by atoms with Gasteiger partial charge in [0.1, 0.15) is 11.6 Å². The SMILES string of the molecule is Cc1c(CC(N)C(=O)O)c2c(Br)ccc([N+](=O)[O-])c2n1C. The molecular formula is C13H14BrN3O4. The first kappa shape index (κ1) is 15.5. The second-order valence-electron chi connectivity index (χ2n) is 4.82. The molecule has 0 fully saturated rings. The molecule has 0 aliphatic rings. The van der Waals surface area contributed by atoms with Gasteiger partial charge in [0, 0.05) is 35.1 Å². The lowest BCUT2D eigenvalue weighted by molar-refractivity contribution is -0.383. The Bertz CT molecular complexity index is 754. The highest BCUT2D eigenvalue weighted by molar-refractivity contribution is 9.10. The van der Waals surface area contributed by atoms with Crippen LogP contribution in [0.15, 0.2) is 16.6 Å². The van der Waals surface area contributed by atoms with Crippen molar-refractivity contribution in [1.29, 1.82) is 0 Å². The van der Waals surface area contributed by atoms with Gasteiger partial charge in [-0.15, -0.1) is 0 Å². The number of non-ortho nitro benzene ring substituents is 1. The highest BCUT2D eigenvalue weighted by Gasteiger charge is 2.25. The number of aryl methyl sites for hydroxylation is 1. The van der Waals surface area contributed by atoms with Crippen LogP contribution in [0.5, 0.6) is 0 Å². The quantitative estimate of drug-likeness (QED) is 0.644. The van der Waals surface area contributed by atoms with Gasteiger partial charge in [0.2, 0.25) is 0 Å². The van der Waals surface area contributed by atoms with Crippen molar-refractivity contribution in [3.05, 3.63) is 38.0 Å². The maximum Gasteiger partial charge on any atom is 0.320 e. The van der Waals surface area contributed by atoms with Gasteiger partial charge in [-0.2, -0.15) is 0 Å². The molecule has 1 heterocycles. The normalized spacial score (nSPS) is 12.6. The Morgan fingerprint density at radius 3 is 2.71 bits per heavy atom. The lowest BCUT2D eigenvalue weighted by atomic mass is 10.0. The first-order chi connectivity index (χ1) is 9.75. The number of fused-ring (bicyclic) bond motifs is 1. The average molecular weight is 356 g/mol. The average Bonchev–Trinajstić information content (AvgIpc) is 2.65. The van der Waals surface area contributed by atoms with E-state index >= 15 is 0 Å². The number of nitro benzene ring substituents is 1. The minimum absolute atomic E-state index is 0.0195. The summed E-state index contributed by atoms with van der Waals surface area (Å²) in [6, 6.07) is 1.96. The van der Waals surface area contributed by atoms with Crippen molar-refractivity contribution in [2.75, 3.05) is 0 Å². The van der Waals surface area contributed by atoms with Crippen molar-refractivity contribution < 1.29 is 14.8 Å². The Balaban J connectivity index is 2.78. The molecule has 1 unspecified atom stereocenters. The number of nitrogens with zero attached hydrogens (tertiary/aromatic N) is 2. The first-order valence-corrected chi connectivity index (χ1v) is 6.94. The summed E-state index contributed by atoms with van der Waals surface area (Å²) >= 11 is 3.38. The van der Waals surface area contributed by atoms with E-state index in [1.165, 1.54) is 6.07 Å². The number of hydrogen-bond acceptors (Lipinski definition) is 4. The van der Waals surface area contributed by atoms with E-state index in [4.69, 9.17) is 10.8 Å². The summed E-state index contributed by atoms with van der Waals surface area (Å²) in [5, 5.41) is 20.8. The van der Waals surface area contributed by atoms with Crippen LogP contribution in [0.25, 0.3) is 10.9 Å². The van der Waals surface area contributed by atoms with Crippen LogP contribution < -0.4 is 5.73 Å². The van der Waals surface area contributed by atoms with E-state index in [9.17, 15) is 14.9 Å². The van der Waals surface area contributed by atoms with Gasteiger partial charge in [-0.05, 0) is 18.6 Å². The number of carbonyl (C=O) groups is 1. The molecular weight excluding hydrogens is 342 g/mol. The molecule has 112 valence electrons. The van der Waals surface area contributed by atoms with Gasteiger partial charge < -0.3 is 15.4 Å². The summed E-state index contributed by atoms with van der Waals surface area (Å²) < 4.78 is 2.38. The molecule has 1 atom stereocenters. The van der Waals surface area contributed by atoms with Gasteiger partial charge >= 0.3 is 5.97 Å². The van der Waals surface area contributed by atoms with Crippen LogP contribution in [0.2, 0.25) is 0 Å². The minimum Gasteiger partial charge on any atom is -0.480 e. The number of nitrogens with two attached hydrogens (primary N) is 1. The van der Waals surface area contributed by atoms with Crippen LogP contribution in [-0.2, 0) is 18.3 Å². The van der Waals surface area contributed by atoms with Gasteiger partial charge in [0.05, 0.1) is 4.92 Å². The molecule has 3 N–H and O–H groups in total. The molecule has 8 heteroatoms. The van der Waals surface area contributed by atoms with E-state index in [2.05, 4.69) is 15.9 Å². The molecule has 0 saturated heterocycles. The number of aliphatic carboxylic acids is 1. The predicted octanol–water partition coefficient (Wildman–Crippen LogP) is 2.11. The summed E-state index contributed by atoms with van der Waals surface area (Å²) in [4.78, 5) is 21.7. The molecule has 2 rings (SSSR count). The molecule has 0 spiro atoms. The van der Waals surface area contributed by atoms with Crippen LogP contribution in [0.1, 0.15) is 11.3 Å². The second-order valence-corrected chi connectivity index (χ2v) is 5.67. The summed E-state index contributed by atoms with van der Waals surface area (Å²) in [5.41, 5.74) is 7.51. The fourth-order valence-corrected chi connectivity index (χ4v) is 3.00. The fraction of sp³-hybridized carbons (Fsp3) is 0.308. The van der Waals surface area contributed by atoms with E-state index in [-0.39, 0.29) is 12.1 Å². The number of benzene rings is 1. The number of aromatic nitrogens is 1. The number of rotatable bonds is 4. The fourth-order valence-electron chi connectivity index (χ4n) is 2.44. The number of carboxylic acid groups (broad SMARTS) is 1. The van der Waals surface area contributed by atoms with E-state index in [0.717, 1.165) is 5.69 Å². The first-order valence-electron chi connectivity index (χ1n) is 6.14. The Labute approximate surface area is 128 Å². The van der Waals surface area contributed by atoms with Crippen LogP contribution in [0.3, 0.4) is 0 Å². The van der Waals surface area contributed by atoms with Gasteiger partial charge in [0.15, 0.2) is 0 Å². The molecule has 7 nitrogen and oxygen atoms in total. The zero-order chi connectivity index (χ0) is 15.9. The topological polar surface area (TPSA) is 111 Å². The van der Waals surface area contributed by atoms with Gasteiger partial charge in [-0.1, -0.05) is 15.9 Å². The Kier molecular flexibility index (Phi) is 4.02. The number of halogens is 1. The molecule has 21 heavy (non-hydrogen) atoms. The smallest absolute Gasteiger partial charge is 0.320 e. The third-order valence-electron chi connectivity index (χ3n) is 3.62. The maximum atomic E-state index is 11.2. The van der Waals surface area contributed by atoms with Crippen molar-refractivity contribution >= 4 is 38.5 Å². The van der Waals surface area contributed by atoms with E-state index in [1.54, 1.807) is 24.6 Å². The number of carboxylic acids is 1. The molecule has 0 saturated carbocycles. The van der Waals surface area contributed by atoms with E-state index in [0.29, 0.717) is 20.9 Å². The Morgan fingerprint density at radius 2 is 2.19 bits per heavy atom. The molecule has 0 amide bonds. The van der Waals surface area contributed by atoms with Crippen molar-refractivity contribution in [2.24, 2.45) is 12.8 Å². The second kappa shape index (κ2) is 5.45. The molecule has 2 aromatic rings. The lowest BCUT2D eigenvalue weighted by Crippen LogP contribution is -2.32. The van der Waals surface area contributed by atoms with Crippen LogP contribution >= 0.6 is 15.9 Å². The number of nitro groups is 1. The molecule has 1 aromatic heterocycles. The third kappa shape index (κ3) is 2.52. The maximum absolute atomic E-state index is 11.2. The summed E-state index contributed by atoms with van der Waals surface area (Å²) in [6.45, 7) is 1.79. The van der Waals surface area contributed by atoms with Crippen molar-refractivity contribution in [3.8, 4) is 0 Å². The van der Waals surface area contributed by atoms with E-state index in [1.807, 2.05) is 0 Å². The van der Waals surface area contributed by atoms with Crippen LogP contribution in [-0.4, -0.2) is 26.6 Å². The molecule has 0 radical (unpaired) electrons. The van der Waals surface area contributed by atoms with Gasteiger partial charge in [0.25, 0.3) is 5.69 Å². The van der Waals surface area contributed by atoms with Crippen molar-refractivity contribution in [1.82, 2.24) is 4.57 Å². The summed E-state index contributed by atoms with van der Waals surface area (Å²) in [6.07, 6.45) is 0.109. The highest BCUT2D eigenvalue weighted by Crippen LogP contribution is 2.37. The van der Waals surface area contributed by atoms with Crippen molar-refractivity contribution in [2.45, 2.75) is 19.4 Å². The Morgan fingerprint density at radius 1 is 1.57 bits per heavy atom. The zero-order valence-electron chi connectivity index (χ0n) is 11.5. The molecule has 0 bridgehead atoms. The standard InChI is InChI=1S/C13H14BrN3O4/c1-6-7(5-9(15)13(18)19)11-8(14)3-4-10(17(20)21)12(11)16(6)2/h3-4,9H,5,15H2,1-2H3,(H,18,19). The predicted molar refractivity (Wildman–Crippen MR) is 81.3 cm³/mol. The number of hydrogen-bond donors (Lipinski definition) is 2. The largest absolute Gasteiger partial charge is 0.480 e. The monoisotopic (exact) mass is 355 g/mol. The minimum atomic E-state index is -1.10. The van der Waals surface area contributed by atoms with Gasteiger partial charge in [-0.25, -0.2) is 0 Å². The molecule has 0 aliphatic carbocycles. The van der Waals surface area contributed by atoms with Crippen LogP contribution in [0, 0.1) is 17.0 Å². The summed E-state index contributed by atoms with van der Waals surface area (Å²) in [5.74, 6) is -1.10. The summed E-state index contributed by atoms with van der Waals surface area (Å²) in [7, 11) is 1.72. The van der Waals surface area contributed by atoms with Gasteiger partial charge in [-0.3, -0.25) is 14.9 Å². The Hall–Kier alpha value is -1.93. The third-order valence-corrected chi connectivity index (χ3v) is 4.28. The van der Waals surface area contributed by atoms with Crippen LogP contribution in [0.4, 0.5) is 5.69 Å². The molecule has 1 aromatic carbocycles. The molecule has 0 aliphatic heterocycles. The van der Waals surface area contributed by atoms with E-state index < -0.39 is 16.9 Å².